The van der Waals surface area contributed by atoms with Crippen LogP contribution < -0.4 is 4.13 Å². The molecule has 158 valence electrons. The number of nitrogens with zero attached hydrogens (tertiary/aromatic N) is 3. The van der Waals surface area contributed by atoms with Crippen molar-refractivity contribution in [2.24, 2.45) is 0 Å². The fourth-order valence-corrected chi connectivity index (χ4v) is 3.34. The summed E-state index contributed by atoms with van der Waals surface area (Å²) < 4.78 is 110. The lowest BCUT2D eigenvalue weighted by atomic mass is 10.2. The van der Waals surface area contributed by atoms with Gasteiger partial charge in [0.25, 0.3) is 0 Å². The maximum absolute atomic E-state index is 11.5. The van der Waals surface area contributed by atoms with Gasteiger partial charge in [0, 0.05) is 12.1 Å². The summed E-state index contributed by atoms with van der Waals surface area (Å²) in [6.45, 7) is 2.91. The second-order valence-electron chi connectivity index (χ2n) is 4.81. The molecule has 16 heteroatoms. The van der Waals surface area contributed by atoms with Gasteiger partial charge in [-0.2, -0.15) is 26.3 Å². The Morgan fingerprint density at radius 1 is 0.929 bits per heavy atom. The first-order chi connectivity index (χ1) is 12.6. The highest BCUT2D eigenvalue weighted by Crippen LogP contribution is 2.27. The van der Waals surface area contributed by atoms with Crippen molar-refractivity contribution in [2.45, 2.75) is 24.5 Å². The van der Waals surface area contributed by atoms with Gasteiger partial charge < -0.3 is 0 Å². The topological polar surface area (TPSA) is 111 Å². The highest BCUT2D eigenvalue weighted by Gasteiger charge is 2.55. The molecule has 0 bridgehead atoms. The zero-order valence-corrected chi connectivity index (χ0v) is 15.4. The van der Waals surface area contributed by atoms with Crippen molar-refractivity contribution in [3.8, 4) is 11.3 Å². The number of aromatic nitrogens is 3. The van der Waals surface area contributed by atoms with E-state index in [-0.39, 0.29) is 0 Å². The third kappa shape index (κ3) is 6.16. The van der Waals surface area contributed by atoms with E-state index < -0.39 is 35.2 Å². The molecule has 28 heavy (non-hydrogen) atoms. The molecule has 0 fully saturated rings. The minimum atomic E-state index is -6.60. The molecule has 0 atom stereocenters. The van der Waals surface area contributed by atoms with Crippen molar-refractivity contribution in [1.82, 2.24) is 19.1 Å². The predicted molar refractivity (Wildman–Crippen MR) is 84.2 cm³/mol. The Hall–Kier alpha value is -2.20. The van der Waals surface area contributed by atoms with E-state index in [1.807, 2.05) is 48.1 Å². The number of alkyl halides is 6. The zero-order valence-electron chi connectivity index (χ0n) is 13.7. The molecule has 1 aromatic carbocycles. The molecule has 1 N–H and O–H groups in total. The highest BCUT2D eigenvalue weighted by atomic mass is 32.3. The van der Waals surface area contributed by atoms with Crippen LogP contribution in [0.25, 0.3) is 11.3 Å². The molecular formula is C12H12F6N4O4S2. The van der Waals surface area contributed by atoms with Crippen LogP contribution in [-0.2, 0) is 26.6 Å². The van der Waals surface area contributed by atoms with Crippen LogP contribution in [0.1, 0.15) is 6.92 Å². The van der Waals surface area contributed by atoms with Gasteiger partial charge in [-0.3, -0.25) is 4.68 Å². The van der Waals surface area contributed by atoms with E-state index in [1.54, 1.807) is 0 Å². The van der Waals surface area contributed by atoms with Gasteiger partial charge in [0.15, 0.2) is 0 Å². The van der Waals surface area contributed by atoms with E-state index >= 15 is 0 Å². The number of hydrogen-bond acceptors (Lipinski definition) is 6. The Morgan fingerprint density at radius 2 is 1.39 bits per heavy atom. The summed E-state index contributed by atoms with van der Waals surface area (Å²) in [5, 5.41) is 8.05. The molecule has 0 saturated heterocycles. The normalized spacial score (nSPS) is 13.0. The predicted octanol–water partition coefficient (Wildman–Crippen LogP) is 2.24. The van der Waals surface area contributed by atoms with Crippen molar-refractivity contribution >= 4 is 20.0 Å². The summed E-state index contributed by atoms with van der Waals surface area (Å²) in [5.74, 6) is 0. The van der Waals surface area contributed by atoms with E-state index in [9.17, 15) is 43.2 Å². The van der Waals surface area contributed by atoms with Gasteiger partial charge in [0.2, 0.25) is 0 Å². The summed E-state index contributed by atoms with van der Waals surface area (Å²) in [6.07, 6.45) is 1.95. The molecule has 0 aliphatic heterocycles. The molecule has 2 rings (SSSR count). The second-order valence-corrected chi connectivity index (χ2v) is 8.41. The molecule has 0 aliphatic rings. The van der Waals surface area contributed by atoms with Crippen LogP contribution in [0.15, 0.2) is 36.5 Å². The number of sulfonamides is 2. The first kappa shape index (κ1) is 23.8. The van der Waals surface area contributed by atoms with Crippen molar-refractivity contribution in [3.05, 3.63) is 36.5 Å². The summed E-state index contributed by atoms with van der Waals surface area (Å²) in [6, 6.07) is 10.1. The average molecular weight is 454 g/mol. The first-order valence-electron chi connectivity index (χ1n) is 6.97. The minimum absolute atomic E-state index is 0.493. The maximum atomic E-state index is 11.5. The van der Waals surface area contributed by atoms with Crippen LogP contribution in [-0.4, -0.2) is 42.8 Å². The third-order valence-electron chi connectivity index (χ3n) is 2.76. The van der Waals surface area contributed by atoms with E-state index in [1.165, 1.54) is 0 Å². The van der Waals surface area contributed by atoms with Gasteiger partial charge in [-0.1, -0.05) is 39.7 Å². The minimum Gasteiger partial charge on any atom is -0.252 e. The summed E-state index contributed by atoms with van der Waals surface area (Å²) in [5.41, 5.74) is -10.2. The lowest BCUT2D eigenvalue weighted by Gasteiger charge is -2.11. The molecule has 0 spiro atoms. The van der Waals surface area contributed by atoms with Crippen molar-refractivity contribution in [1.29, 1.82) is 0 Å². The molecule has 0 saturated carbocycles. The lowest BCUT2D eigenvalue weighted by molar-refractivity contribution is -0.0476. The lowest BCUT2D eigenvalue weighted by Crippen LogP contribution is -2.45. The van der Waals surface area contributed by atoms with Gasteiger partial charge in [-0.15, -0.1) is 5.10 Å². The van der Waals surface area contributed by atoms with Gasteiger partial charge in [0.1, 0.15) is 5.69 Å². The Balaban J connectivity index is 0.000000281. The summed E-state index contributed by atoms with van der Waals surface area (Å²) in [7, 11) is -13.2. The van der Waals surface area contributed by atoms with Crippen LogP contribution in [0.3, 0.4) is 0 Å². The van der Waals surface area contributed by atoms with Crippen LogP contribution in [0.2, 0.25) is 0 Å². The fourth-order valence-electron chi connectivity index (χ4n) is 1.43. The van der Waals surface area contributed by atoms with Crippen molar-refractivity contribution in [3.63, 3.8) is 0 Å². The first-order valence-corrected chi connectivity index (χ1v) is 9.94. The van der Waals surface area contributed by atoms with E-state index in [0.717, 1.165) is 17.8 Å². The quantitative estimate of drug-likeness (QED) is 0.710. The van der Waals surface area contributed by atoms with Crippen LogP contribution in [0.5, 0.6) is 0 Å². The number of nitrogens with one attached hydrogen (secondary N) is 1. The largest absolute Gasteiger partial charge is 0.512 e. The van der Waals surface area contributed by atoms with Gasteiger partial charge in [-0.25, -0.2) is 16.8 Å². The Labute approximate surface area is 155 Å². The molecule has 0 aliphatic carbocycles. The van der Waals surface area contributed by atoms with Crippen LogP contribution in [0, 0.1) is 0 Å². The van der Waals surface area contributed by atoms with Crippen LogP contribution in [0.4, 0.5) is 26.3 Å². The smallest absolute Gasteiger partial charge is 0.252 e. The molecular weight excluding hydrogens is 442 g/mol. The SMILES string of the molecule is CCn1cc(-c2ccccc2)nn1.O=S(=O)(NS(=O)(=O)C(F)(F)F)C(F)(F)F. The number of halogens is 6. The zero-order chi connectivity index (χ0) is 21.8. The third-order valence-corrected chi connectivity index (χ3v) is 5.74. The Kier molecular flexibility index (Phi) is 7.18. The molecule has 0 unspecified atom stereocenters. The molecule has 0 amide bonds. The monoisotopic (exact) mass is 454 g/mol. The van der Waals surface area contributed by atoms with Crippen molar-refractivity contribution in [2.75, 3.05) is 0 Å². The second kappa shape index (κ2) is 8.44. The summed E-state index contributed by atoms with van der Waals surface area (Å²) >= 11 is 0. The number of hydrogen-bond donors (Lipinski definition) is 1. The Bertz CT molecular complexity index is 943. The van der Waals surface area contributed by atoms with E-state index in [4.69, 9.17) is 0 Å². The molecule has 8 nitrogen and oxygen atoms in total. The molecule has 0 radical (unpaired) electrons. The van der Waals surface area contributed by atoms with Crippen LogP contribution >= 0.6 is 0 Å². The van der Waals surface area contributed by atoms with E-state index in [0.29, 0.717) is 0 Å². The number of benzene rings is 1. The highest BCUT2D eigenvalue weighted by molar-refractivity contribution is 8.05. The Morgan fingerprint density at radius 3 is 1.75 bits per heavy atom. The summed E-state index contributed by atoms with van der Waals surface area (Å²) in [4.78, 5) is 0. The number of rotatable bonds is 4. The maximum Gasteiger partial charge on any atom is 0.512 e. The van der Waals surface area contributed by atoms with Crippen molar-refractivity contribution < 1.29 is 43.2 Å². The van der Waals surface area contributed by atoms with Gasteiger partial charge in [0.05, 0.1) is 6.20 Å². The fraction of sp³-hybridized carbons (Fsp3) is 0.333. The molecule has 2 aromatic rings. The average Bonchev–Trinajstić information content (AvgIpc) is 3.02. The van der Waals surface area contributed by atoms with Gasteiger partial charge >= 0.3 is 31.1 Å². The molecule has 1 heterocycles. The number of aryl methyl sites for hydroxylation is 1. The molecule has 1 aromatic heterocycles. The van der Waals surface area contributed by atoms with Gasteiger partial charge in [-0.05, 0) is 6.92 Å². The van der Waals surface area contributed by atoms with E-state index in [2.05, 4.69) is 10.3 Å². The standard InChI is InChI=1S/C10H11N3.C2HF6NO4S2/c1-2-13-8-10(11-12-13)9-6-4-3-5-7-9;3-1(4,5)14(10,11)9-15(12,13)2(6,7)8/h3-8H,2H2,1H3;9H.